The molecule has 5 heteroatoms. The molecule has 0 atom stereocenters. The first-order chi connectivity index (χ1) is 11.1. The Kier molecular flexibility index (Phi) is 4.30. The molecule has 2 aromatic carbocycles. The minimum absolute atomic E-state index is 0.0954. The van der Waals surface area contributed by atoms with Crippen LogP contribution in [-0.4, -0.2) is 9.91 Å². The minimum atomic E-state index is -0.401. The highest BCUT2D eigenvalue weighted by Gasteiger charge is 2.04. The van der Waals surface area contributed by atoms with Crippen molar-refractivity contribution in [1.29, 1.82) is 0 Å². The summed E-state index contributed by atoms with van der Waals surface area (Å²) in [5.41, 5.74) is 4.28. The van der Waals surface area contributed by atoms with Crippen molar-refractivity contribution in [3.05, 3.63) is 80.2 Å². The van der Waals surface area contributed by atoms with E-state index in [0.29, 0.717) is 0 Å². The van der Waals surface area contributed by atoms with Crippen LogP contribution in [0.1, 0.15) is 16.1 Å². The molecule has 0 N–H and O–H groups in total. The lowest BCUT2D eigenvalue weighted by molar-refractivity contribution is -0.384. The van der Waals surface area contributed by atoms with Crippen molar-refractivity contribution in [2.75, 3.05) is 0 Å². The van der Waals surface area contributed by atoms with Crippen LogP contribution in [0.2, 0.25) is 0 Å². The summed E-state index contributed by atoms with van der Waals surface area (Å²) in [6.07, 6.45) is 3.82. The monoisotopic (exact) mass is 322 g/mol. The van der Waals surface area contributed by atoms with Gasteiger partial charge in [0.15, 0.2) is 0 Å². The van der Waals surface area contributed by atoms with Crippen LogP contribution in [0.15, 0.2) is 53.9 Å². The predicted octanol–water partition coefficient (Wildman–Crippen LogP) is 5.20. The van der Waals surface area contributed by atoms with Crippen molar-refractivity contribution in [3.63, 3.8) is 0 Å². The van der Waals surface area contributed by atoms with Gasteiger partial charge in [0.1, 0.15) is 5.01 Å². The van der Waals surface area contributed by atoms with Gasteiger partial charge in [-0.25, -0.2) is 4.98 Å². The smallest absolute Gasteiger partial charge is 0.258 e. The normalized spacial score (nSPS) is 11.0. The Morgan fingerprint density at radius 2 is 1.74 bits per heavy atom. The van der Waals surface area contributed by atoms with E-state index in [1.54, 1.807) is 23.5 Å². The largest absolute Gasteiger partial charge is 0.269 e. The molecule has 0 saturated carbocycles. The van der Waals surface area contributed by atoms with Crippen LogP contribution in [0.25, 0.3) is 23.4 Å². The van der Waals surface area contributed by atoms with E-state index in [-0.39, 0.29) is 5.69 Å². The van der Waals surface area contributed by atoms with Crippen molar-refractivity contribution < 1.29 is 4.92 Å². The zero-order chi connectivity index (χ0) is 16.2. The number of hydrogen-bond acceptors (Lipinski definition) is 4. The van der Waals surface area contributed by atoms with Gasteiger partial charge in [0, 0.05) is 23.1 Å². The fourth-order valence-corrected chi connectivity index (χ4v) is 2.81. The molecule has 0 saturated heterocycles. The van der Waals surface area contributed by atoms with Crippen LogP contribution < -0.4 is 0 Å². The van der Waals surface area contributed by atoms with E-state index in [1.807, 2.05) is 17.5 Å². The SMILES string of the molecule is Cc1ccc(-c2csc(C=Cc3ccc([N+](=O)[O-])cc3)n2)cc1. The first-order valence-corrected chi connectivity index (χ1v) is 7.95. The molecule has 0 unspecified atom stereocenters. The predicted molar refractivity (Wildman–Crippen MR) is 94.3 cm³/mol. The quantitative estimate of drug-likeness (QED) is 0.490. The zero-order valence-electron chi connectivity index (χ0n) is 12.5. The Balaban J connectivity index is 1.75. The lowest BCUT2D eigenvalue weighted by atomic mass is 10.1. The molecule has 0 fully saturated rings. The average molecular weight is 322 g/mol. The number of thiazole rings is 1. The molecule has 1 aromatic heterocycles. The van der Waals surface area contributed by atoms with Gasteiger partial charge >= 0.3 is 0 Å². The van der Waals surface area contributed by atoms with Crippen molar-refractivity contribution in [1.82, 2.24) is 4.98 Å². The van der Waals surface area contributed by atoms with Gasteiger partial charge in [-0.15, -0.1) is 11.3 Å². The Bertz CT molecular complexity index is 849. The summed E-state index contributed by atoms with van der Waals surface area (Å²) in [5.74, 6) is 0. The number of rotatable bonds is 4. The number of nitrogens with zero attached hydrogens (tertiary/aromatic N) is 2. The molecule has 4 nitrogen and oxygen atoms in total. The maximum absolute atomic E-state index is 10.6. The lowest BCUT2D eigenvalue weighted by Crippen LogP contribution is -1.86. The highest BCUT2D eigenvalue weighted by Crippen LogP contribution is 2.23. The van der Waals surface area contributed by atoms with Gasteiger partial charge in [0.25, 0.3) is 5.69 Å². The van der Waals surface area contributed by atoms with Crippen LogP contribution in [0.5, 0.6) is 0 Å². The van der Waals surface area contributed by atoms with E-state index in [1.165, 1.54) is 17.7 Å². The maximum atomic E-state index is 10.6. The van der Waals surface area contributed by atoms with E-state index in [9.17, 15) is 10.1 Å². The molecule has 3 aromatic rings. The van der Waals surface area contributed by atoms with Gasteiger partial charge in [-0.05, 0) is 30.7 Å². The Hall–Kier alpha value is -2.79. The molecule has 0 aliphatic carbocycles. The molecule has 1 heterocycles. The van der Waals surface area contributed by atoms with Gasteiger partial charge in [-0.2, -0.15) is 0 Å². The second-order valence-corrected chi connectivity index (χ2v) is 6.01. The van der Waals surface area contributed by atoms with Crippen molar-refractivity contribution in [3.8, 4) is 11.3 Å². The second kappa shape index (κ2) is 6.54. The first kappa shape index (κ1) is 15.1. The third-order valence-electron chi connectivity index (χ3n) is 3.39. The topological polar surface area (TPSA) is 56.0 Å². The number of hydrogen-bond donors (Lipinski definition) is 0. The molecule has 0 aliphatic rings. The van der Waals surface area contributed by atoms with E-state index >= 15 is 0 Å². The zero-order valence-corrected chi connectivity index (χ0v) is 13.3. The lowest BCUT2D eigenvalue weighted by Gasteiger charge is -1.96. The second-order valence-electron chi connectivity index (χ2n) is 5.12. The Labute approximate surface area is 137 Å². The summed E-state index contributed by atoms with van der Waals surface area (Å²) < 4.78 is 0. The van der Waals surface area contributed by atoms with Gasteiger partial charge in [0.05, 0.1) is 10.6 Å². The number of non-ortho nitro benzene ring substituents is 1. The van der Waals surface area contributed by atoms with Crippen molar-refractivity contribution >= 4 is 29.2 Å². The highest BCUT2D eigenvalue weighted by atomic mass is 32.1. The number of nitro benzene ring substituents is 1. The van der Waals surface area contributed by atoms with Crippen molar-refractivity contribution in [2.45, 2.75) is 6.92 Å². The Morgan fingerprint density at radius 1 is 1.04 bits per heavy atom. The summed E-state index contributed by atoms with van der Waals surface area (Å²) >= 11 is 1.57. The molecule has 23 heavy (non-hydrogen) atoms. The molecular formula is C18H14N2O2S. The number of nitro groups is 1. The molecular weight excluding hydrogens is 308 g/mol. The van der Waals surface area contributed by atoms with Gasteiger partial charge < -0.3 is 0 Å². The molecule has 0 radical (unpaired) electrons. The van der Waals surface area contributed by atoms with Gasteiger partial charge in [-0.3, -0.25) is 10.1 Å². The summed E-state index contributed by atoms with van der Waals surface area (Å²) in [7, 11) is 0. The first-order valence-electron chi connectivity index (χ1n) is 7.07. The molecule has 0 amide bonds. The van der Waals surface area contributed by atoms with E-state index in [2.05, 4.69) is 36.2 Å². The van der Waals surface area contributed by atoms with Crippen LogP contribution in [-0.2, 0) is 0 Å². The molecule has 114 valence electrons. The third kappa shape index (κ3) is 3.70. The fraction of sp³-hybridized carbons (Fsp3) is 0.0556. The van der Waals surface area contributed by atoms with E-state index in [0.717, 1.165) is 21.8 Å². The van der Waals surface area contributed by atoms with Crippen LogP contribution in [0, 0.1) is 17.0 Å². The molecule has 0 bridgehead atoms. The highest BCUT2D eigenvalue weighted by molar-refractivity contribution is 7.10. The van der Waals surface area contributed by atoms with Gasteiger partial charge in [-0.1, -0.05) is 35.9 Å². The van der Waals surface area contributed by atoms with Gasteiger partial charge in [0.2, 0.25) is 0 Å². The van der Waals surface area contributed by atoms with Crippen LogP contribution in [0.4, 0.5) is 5.69 Å². The maximum Gasteiger partial charge on any atom is 0.269 e. The number of aryl methyl sites for hydroxylation is 1. The van der Waals surface area contributed by atoms with E-state index in [4.69, 9.17) is 0 Å². The number of benzene rings is 2. The minimum Gasteiger partial charge on any atom is -0.258 e. The standard InChI is InChI=1S/C18H14N2O2S/c1-13-2-7-15(8-3-13)17-12-23-18(19-17)11-6-14-4-9-16(10-5-14)20(21)22/h2-12H,1H3. The van der Waals surface area contributed by atoms with Crippen molar-refractivity contribution in [2.24, 2.45) is 0 Å². The summed E-state index contributed by atoms with van der Waals surface area (Å²) in [6, 6.07) is 14.7. The summed E-state index contributed by atoms with van der Waals surface area (Å²) in [4.78, 5) is 14.8. The van der Waals surface area contributed by atoms with Crippen LogP contribution in [0.3, 0.4) is 0 Å². The molecule has 3 rings (SSSR count). The molecule has 0 aliphatic heterocycles. The number of aromatic nitrogens is 1. The van der Waals surface area contributed by atoms with Crippen LogP contribution >= 0.6 is 11.3 Å². The average Bonchev–Trinajstić information content (AvgIpc) is 3.03. The fourth-order valence-electron chi connectivity index (χ4n) is 2.10. The Morgan fingerprint density at radius 3 is 2.39 bits per heavy atom. The summed E-state index contributed by atoms with van der Waals surface area (Å²) in [6.45, 7) is 2.06. The molecule has 0 spiro atoms. The van der Waals surface area contributed by atoms with E-state index < -0.39 is 4.92 Å². The summed E-state index contributed by atoms with van der Waals surface area (Å²) in [5, 5.41) is 13.6. The third-order valence-corrected chi connectivity index (χ3v) is 4.20.